The number of para-hydroxylation sites is 2. The van der Waals surface area contributed by atoms with Crippen molar-refractivity contribution < 1.29 is 33.0 Å². The average Bonchev–Trinajstić information content (AvgIpc) is 3.53. The fraction of sp³-hybridized carbons (Fsp3) is 0.364. The molecule has 2 aromatic heterocycles. The van der Waals surface area contributed by atoms with Crippen LogP contribution in [0.4, 0.5) is 15.7 Å². The second-order valence-corrected chi connectivity index (χ2v) is 8.09. The summed E-state index contributed by atoms with van der Waals surface area (Å²) in [6.45, 7) is 0. The molecule has 38 heavy (non-hydrogen) atoms. The molecular formula is C22H32BFN10O4. The van der Waals surface area contributed by atoms with Crippen LogP contribution in [0.25, 0.3) is 22.1 Å². The van der Waals surface area contributed by atoms with Gasteiger partial charge in [-0.25, -0.2) is 9.15 Å². The molecule has 2 aromatic carbocycles. The Balaban J connectivity index is 0.000000234. The lowest BCUT2D eigenvalue weighted by Gasteiger charge is -2.13. The Morgan fingerprint density at radius 3 is 1.39 bits per heavy atom. The average molecular weight is 530 g/mol. The first-order valence-corrected chi connectivity index (χ1v) is 11.2. The predicted octanol–water partition coefficient (Wildman–Crippen LogP) is -1.00. The summed E-state index contributed by atoms with van der Waals surface area (Å²) in [6, 6.07) is 13.2. The molecule has 16 heteroatoms. The van der Waals surface area contributed by atoms with Gasteiger partial charge in [-0.1, -0.05) is 12.1 Å². The third-order valence-electron chi connectivity index (χ3n) is 5.08. The molecule has 2 N–H and O–H groups in total. The van der Waals surface area contributed by atoms with E-state index in [1.807, 2.05) is 97.6 Å². The maximum atomic E-state index is 9.89. The largest absolute Gasteiger partial charge is 0.867 e. The number of nitrogens with zero attached hydrogens (tertiary/aromatic N) is 8. The van der Waals surface area contributed by atoms with E-state index in [1.165, 1.54) is 0 Å². The molecule has 0 bridgehead atoms. The summed E-state index contributed by atoms with van der Waals surface area (Å²) >= 11 is 0. The van der Waals surface area contributed by atoms with Gasteiger partial charge in [-0.05, 0) is 24.3 Å². The standard InChI is InChI=1S/2C11H16N5O.BFO2/c2*1-15(2)11(17-4)16(3)9-7-5-6-8-10(9)13-14-12-8;2-1(3)4/h2*5-7H,1-4H3,(H,12,13,14);/q2*+1;-2. The number of ether oxygens (including phenoxy) is 2. The van der Waals surface area contributed by atoms with Crippen LogP contribution in [0.15, 0.2) is 36.4 Å². The second kappa shape index (κ2) is 13.9. The Morgan fingerprint density at radius 2 is 1.11 bits per heavy atom. The first kappa shape index (κ1) is 29.9. The van der Waals surface area contributed by atoms with Gasteiger partial charge in [-0.3, -0.25) is 0 Å². The third kappa shape index (κ3) is 7.36. The molecule has 0 radical (unpaired) electrons. The quantitative estimate of drug-likeness (QED) is 0.142. The maximum Gasteiger partial charge on any atom is 0.450 e. The van der Waals surface area contributed by atoms with Crippen molar-refractivity contribution >= 4 is 52.9 Å². The Morgan fingerprint density at radius 1 is 0.763 bits per heavy atom. The number of amidine groups is 2. The van der Waals surface area contributed by atoms with Crippen molar-refractivity contribution in [3.05, 3.63) is 36.4 Å². The zero-order valence-electron chi connectivity index (χ0n) is 22.6. The highest BCUT2D eigenvalue weighted by Gasteiger charge is 2.23. The van der Waals surface area contributed by atoms with E-state index in [0.29, 0.717) is 0 Å². The van der Waals surface area contributed by atoms with E-state index in [9.17, 15) is 4.32 Å². The number of hydrogen-bond acceptors (Lipinski definition) is 8. The van der Waals surface area contributed by atoms with Gasteiger partial charge in [-0.2, -0.15) is 40.6 Å². The van der Waals surface area contributed by atoms with Crippen molar-refractivity contribution in [1.29, 1.82) is 0 Å². The van der Waals surface area contributed by atoms with Gasteiger partial charge in [0, 0.05) is 0 Å². The molecule has 14 nitrogen and oxygen atoms in total. The van der Waals surface area contributed by atoms with Gasteiger partial charge in [0.1, 0.15) is 18.4 Å². The molecule has 0 amide bonds. The molecule has 0 aliphatic carbocycles. The first-order valence-electron chi connectivity index (χ1n) is 11.2. The Kier molecular flexibility index (Phi) is 10.9. The van der Waals surface area contributed by atoms with Crippen molar-refractivity contribution in [3.63, 3.8) is 0 Å². The highest BCUT2D eigenvalue weighted by molar-refractivity contribution is 6.27. The van der Waals surface area contributed by atoms with Crippen LogP contribution in [0.2, 0.25) is 0 Å². The van der Waals surface area contributed by atoms with Crippen LogP contribution in [0.5, 0.6) is 0 Å². The molecule has 0 fully saturated rings. The van der Waals surface area contributed by atoms with E-state index in [1.54, 1.807) is 14.2 Å². The fourth-order valence-electron chi connectivity index (χ4n) is 3.69. The van der Waals surface area contributed by atoms with Crippen molar-refractivity contribution in [2.45, 2.75) is 0 Å². The van der Waals surface area contributed by atoms with Gasteiger partial charge < -0.3 is 23.8 Å². The normalized spacial score (nSPS) is 9.97. The van der Waals surface area contributed by atoms with Gasteiger partial charge in [-0.15, -0.1) is 0 Å². The van der Waals surface area contributed by atoms with Crippen molar-refractivity contribution in [3.8, 4) is 0 Å². The molecule has 0 unspecified atom stereocenters. The predicted molar refractivity (Wildman–Crippen MR) is 140 cm³/mol. The number of aromatic amines is 2. The van der Waals surface area contributed by atoms with Crippen LogP contribution < -0.4 is 19.8 Å². The third-order valence-corrected chi connectivity index (χ3v) is 5.08. The van der Waals surface area contributed by atoms with E-state index >= 15 is 0 Å². The summed E-state index contributed by atoms with van der Waals surface area (Å²) in [5.41, 5.74) is 5.22. The fourth-order valence-corrected chi connectivity index (χ4v) is 3.69. The monoisotopic (exact) mass is 530 g/mol. The molecule has 0 aliphatic heterocycles. The van der Waals surface area contributed by atoms with E-state index < -0.39 is 7.40 Å². The minimum absolute atomic E-state index is 0.737. The SMILES string of the molecule is COC(N(C)c1cccc2n[nH]nc12)=[N+](C)C.COC(N(C)c1cccc2n[nH]nc12)=[N+](C)C.[O-]B([O-])F. The van der Waals surface area contributed by atoms with Crippen molar-refractivity contribution in [2.75, 3.05) is 66.3 Å². The minimum atomic E-state index is -3.17. The number of fused-ring (bicyclic) bond motifs is 2. The summed E-state index contributed by atoms with van der Waals surface area (Å²) in [4.78, 5) is 3.87. The smallest absolute Gasteiger partial charge is 0.450 e. The molecule has 204 valence electrons. The molecular weight excluding hydrogens is 498 g/mol. The van der Waals surface area contributed by atoms with Crippen LogP contribution in [-0.2, 0) is 9.47 Å². The number of aromatic nitrogens is 6. The summed E-state index contributed by atoms with van der Waals surface area (Å²) in [5.74, 6) is 0. The van der Waals surface area contributed by atoms with E-state index in [0.717, 1.165) is 45.5 Å². The maximum absolute atomic E-state index is 9.89. The lowest BCUT2D eigenvalue weighted by molar-refractivity contribution is -0.475. The summed E-state index contributed by atoms with van der Waals surface area (Å²) in [7, 11) is 11.7. The molecule has 0 saturated heterocycles. The molecule has 2 heterocycles. The number of methoxy groups -OCH3 is 2. The zero-order chi connectivity index (χ0) is 28.4. The highest BCUT2D eigenvalue weighted by atomic mass is 19.1. The second-order valence-electron chi connectivity index (χ2n) is 8.09. The van der Waals surface area contributed by atoms with Crippen molar-refractivity contribution in [2.24, 2.45) is 0 Å². The van der Waals surface area contributed by atoms with Crippen LogP contribution in [0.1, 0.15) is 0 Å². The van der Waals surface area contributed by atoms with Crippen LogP contribution >= 0.6 is 0 Å². The van der Waals surface area contributed by atoms with E-state index in [2.05, 4.69) is 30.8 Å². The Labute approximate surface area is 219 Å². The Bertz CT molecular complexity index is 1280. The van der Waals surface area contributed by atoms with Crippen LogP contribution in [-0.4, -0.2) is 116 Å². The molecule has 0 atom stereocenters. The van der Waals surface area contributed by atoms with Crippen LogP contribution in [0.3, 0.4) is 0 Å². The van der Waals surface area contributed by atoms with E-state index in [-0.39, 0.29) is 0 Å². The lowest BCUT2D eigenvalue weighted by Crippen LogP contribution is -2.39. The number of H-pyrrole nitrogens is 2. The number of nitrogens with one attached hydrogen (secondary N) is 2. The van der Waals surface area contributed by atoms with E-state index in [4.69, 9.17) is 19.5 Å². The lowest BCUT2D eigenvalue weighted by atomic mass is 10.2. The molecule has 0 saturated carbocycles. The Hall–Kier alpha value is -4.31. The topological polar surface area (TPSA) is 160 Å². The highest BCUT2D eigenvalue weighted by Crippen LogP contribution is 2.23. The van der Waals surface area contributed by atoms with Crippen LogP contribution in [0, 0.1) is 0 Å². The summed E-state index contributed by atoms with van der Waals surface area (Å²) < 4.78 is 24.4. The molecule has 0 aliphatic rings. The number of hydrogen-bond donors (Lipinski definition) is 2. The van der Waals surface area contributed by atoms with Gasteiger partial charge in [0.2, 0.25) is 0 Å². The molecule has 0 spiro atoms. The van der Waals surface area contributed by atoms with Gasteiger partial charge >= 0.3 is 12.0 Å². The van der Waals surface area contributed by atoms with Crippen molar-refractivity contribution in [1.82, 2.24) is 30.8 Å². The number of rotatable bonds is 2. The van der Waals surface area contributed by atoms with Gasteiger partial charge in [0.05, 0.1) is 56.5 Å². The summed E-state index contributed by atoms with van der Waals surface area (Å²) in [5, 5.41) is 38.3. The molecule has 4 rings (SSSR count). The summed E-state index contributed by atoms with van der Waals surface area (Å²) in [6.07, 6.45) is 0. The first-order chi connectivity index (χ1) is 18.0. The zero-order valence-corrected chi connectivity index (χ0v) is 22.6. The molecule has 4 aromatic rings. The van der Waals surface area contributed by atoms with Gasteiger partial charge in [0.15, 0.2) is 22.4 Å². The number of anilines is 2. The minimum Gasteiger partial charge on any atom is -0.867 e. The number of halogens is 1. The number of benzene rings is 2. The van der Waals surface area contributed by atoms with Gasteiger partial charge in [0.25, 0.3) is 0 Å².